The van der Waals surface area contributed by atoms with Gasteiger partial charge in [0.05, 0.1) is 0 Å². The fourth-order valence-corrected chi connectivity index (χ4v) is 3.44. The van der Waals surface area contributed by atoms with Gasteiger partial charge in [-0.25, -0.2) is 0 Å². The van der Waals surface area contributed by atoms with E-state index >= 15 is 0 Å². The first-order valence-electron chi connectivity index (χ1n) is 9.70. The van der Waals surface area contributed by atoms with Crippen molar-refractivity contribution < 1.29 is 9.90 Å². The Labute approximate surface area is 163 Å². The summed E-state index contributed by atoms with van der Waals surface area (Å²) in [6.45, 7) is 12.7. The van der Waals surface area contributed by atoms with E-state index in [0.29, 0.717) is 12.2 Å². The number of phenols is 1. The van der Waals surface area contributed by atoms with Crippen molar-refractivity contribution in [3.8, 4) is 5.75 Å². The average molecular weight is 368 g/mol. The SMILES string of the molecule is Cc1cc(C(C)(C)C)c(O)c(C(C)(C)CCCC(=O)Nc2ccccc2)c1. The highest BCUT2D eigenvalue weighted by molar-refractivity contribution is 5.90. The van der Waals surface area contributed by atoms with E-state index in [1.165, 1.54) is 0 Å². The second kappa shape index (κ2) is 8.16. The van der Waals surface area contributed by atoms with Crippen LogP contribution in [0.25, 0.3) is 0 Å². The van der Waals surface area contributed by atoms with Gasteiger partial charge in [-0.2, -0.15) is 0 Å². The molecule has 0 atom stereocenters. The van der Waals surface area contributed by atoms with E-state index in [1.807, 2.05) is 30.3 Å². The number of anilines is 1. The fraction of sp³-hybridized carbons (Fsp3) is 0.458. The molecule has 2 aromatic carbocycles. The first-order chi connectivity index (χ1) is 12.5. The maximum absolute atomic E-state index is 12.2. The lowest BCUT2D eigenvalue weighted by Gasteiger charge is -2.30. The molecular formula is C24H33NO2. The number of para-hydroxylation sites is 1. The minimum Gasteiger partial charge on any atom is -0.507 e. The maximum Gasteiger partial charge on any atom is 0.224 e. The Morgan fingerprint density at radius 1 is 1.00 bits per heavy atom. The number of benzene rings is 2. The summed E-state index contributed by atoms with van der Waals surface area (Å²) in [5, 5.41) is 13.8. The molecule has 1 amide bonds. The van der Waals surface area contributed by atoms with Gasteiger partial charge in [0.25, 0.3) is 0 Å². The summed E-state index contributed by atoms with van der Waals surface area (Å²) >= 11 is 0. The predicted molar refractivity (Wildman–Crippen MR) is 113 cm³/mol. The van der Waals surface area contributed by atoms with Gasteiger partial charge in [0.2, 0.25) is 5.91 Å². The van der Waals surface area contributed by atoms with E-state index in [-0.39, 0.29) is 16.7 Å². The highest BCUT2D eigenvalue weighted by Gasteiger charge is 2.28. The molecule has 0 spiro atoms. The average Bonchev–Trinajstić information content (AvgIpc) is 2.56. The van der Waals surface area contributed by atoms with Gasteiger partial charge < -0.3 is 10.4 Å². The lowest BCUT2D eigenvalue weighted by Crippen LogP contribution is -2.21. The molecular weight excluding hydrogens is 334 g/mol. The van der Waals surface area contributed by atoms with E-state index in [0.717, 1.165) is 35.2 Å². The van der Waals surface area contributed by atoms with Crippen molar-refractivity contribution in [1.29, 1.82) is 0 Å². The van der Waals surface area contributed by atoms with Crippen molar-refractivity contribution in [2.24, 2.45) is 0 Å². The van der Waals surface area contributed by atoms with Gasteiger partial charge in [-0.15, -0.1) is 0 Å². The van der Waals surface area contributed by atoms with E-state index in [9.17, 15) is 9.90 Å². The number of nitrogens with one attached hydrogen (secondary N) is 1. The molecule has 0 fully saturated rings. The van der Waals surface area contributed by atoms with Crippen molar-refractivity contribution in [1.82, 2.24) is 0 Å². The van der Waals surface area contributed by atoms with Gasteiger partial charge in [0.15, 0.2) is 0 Å². The van der Waals surface area contributed by atoms with Gasteiger partial charge in [0, 0.05) is 17.7 Å². The third-order valence-corrected chi connectivity index (χ3v) is 5.05. The number of aromatic hydroxyl groups is 1. The Morgan fingerprint density at radius 3 is 2.19 bits per heavy atom. The molecule has 0 heterocycles. The van der Waals surface area contributed by atoms with Crippen molar-refractivity contribution in [3.05, 3.63) is 59.2 Å². The van der Waals surface area contributed by atoms with Crippen LogP contribution in [-0.2, 0) is 15.6 Å². The number of carbonyl (C=O) groups excluding carboxylic acids is 1. The number of rotatable bonds is 6. The van der Waals surface area contributed by atoms with Crippen LogP contribution in [0.5, 0.6) is 5.75 Å². The van der Waals surface area contributed by atoms with Gasteiger partial charge in [-0.05, 0) is 48.3 Å². The lowest BCUT2D eigenvalue weighted by atomic mass is 9.75. The van der Waals surface area contributed by atoms with Crippen LogP contribution >= 0.6 is 0 Å². The molecule has 0 saturated carbocycles. The topological polar surface area (TPSA) is 49.3 Å². The Bertz CT molecular complexity index is 786. The summed E-state index contributed by atoms with van der Waals surface area (Å²) < 4.78 is 0. The molecule has 0 bridgehead atoms. The van der Waals surface area contributed by atoms with Crippen molar-refractivity contribution >= 4 is 11.6 Å². The van der Waals surface area contributed by atoms with Crippen LogP contribution in [0.2, 0.25) is 0 Å². The Morgan fingerprint density at radius 2 is 1.59 bits per heavy atom. The van der Waals surface area contributed by atoms with Crippen LogP contribution in [0.4, 0.5) is 5.69 Å². The number of hydrogen-bond donors (Lipinski definition) is 2. The Balaban J connectivity index is 2.06. The van der Waals surface area contributed by atoms with Crippen LogP contribution < -0.4 is 5.32 Å². The van der Waals surface area contributed by atoms with Crippen LogP contribution in [0.3, 0.4) is 0 Å². The quantitative estimate of drug-likeness (QED) is 0.649. The molecule has 0 saturated heterocycles. The molecule has 27 heavy (non-hydrogen) atoms. The number of phenolic OH excluding ortho intramolecular Hbond substituents is 1. The monoisotopic (exact) mass is 367 g/mol. The van der Waals surface area contributed by atoms with Crippen LogP contribution in [-0.4, -0.2) is 11.0 Å². The molecule has 0 aromatic heterocycles. The van der Waals surface area contributed by atoms with E-state index in [2.05, 4.69) is 59.0 Å². The molecule has 3 nitrogen and oxygen atoms in total. The standard InChI is InChI=1S/C24H33NO2/c1-17-15-19(23(2,3)4)22(27)20(16-17)24(5,6)14-10-13-21(26)25-18-11-8-7-9-12-18/h7-9,11-12,15-16,27H,10,13-14H2,1-6H3,(H,25,26). The Hall–Kier alpha value is -2.29. The van der Waals surface area contributed by atoms with Crippen molar-refractivity contribution in [2.45, 2.75) is 71.6 Å². The molecule has 3 heteroatoms. The fourth-order valence-electron chi connectivity index (χ4n) is 3.44. The van der Waals surface area contributed by atoms with E-state index in [4.69, 9.17) is 0 Å². The zero-order chi connectivity index (χ0) is 20.2. The summed E-state index contributed by atoms with van der Waals surface area (Å²) in [5.74, 6) is 0.424. The van der Waals surface area contributed by atoms with E-state index < -0.39 is 0 Å². The molecule has 2 N–H and O–H groups in total. The number of aryl methyl sites for hydroxylation is 1. The summed E-state index contributed by atoms with van der Waals surface area (Å²) in [6.07, 6.45) is 2.07. The highest BCUT2D eigenvalue weighted by Crippen LogP contribution is 2.41. The van der Waals surface area contributed by atoms with Gasteiger partial charge in [0.1, 0.15) is 5.75 Å². The van der Waals surface area contributed by atoms with E-state index in [1.54, 1.807) is 0 Å². The molecule has 0 aliphatic carbocycles. The van der Waals surface area contributed by atoms with Crippen LogP contribution in [0.1, 0.15) is 70.6 Å². The first kappa shape index (κ1) is 21.0. The third-order valence-electron chi connectivity index (χ3n) is 5.05. The molecule has 146 valence electrons. The summed E-state index contributed by atoms with van der Waals surface area (Å²) in [4.78, 5) is 12.2. The third kappa shape index (κ3) is 5.59. The van der Waals surface area contributed by atoms with Crippen LogP contribution in [0, 0.1) is 6.92 Å². The molecule has 0 radical (unpaired) electrons. The van der Waals surface area contributed by atoms with Crippen molar-refractivity contribution in [3.63, 3.8) is 0 Å². The van der Waals surface area contributed by atoms with Crippen LogP contribution in [0.15, 0.2) is 42.5 Å². The maximum atomic E-state index is 12.2. The Kier molecular flexibility index (Phi) is 6.35. The second-order valence-corrected chi connectivity index (χ2v) is 9.11. The molecule has 0 aliphatic rings. The zero-order valence-electron chi connectivity index (χ0n) is 17.5. The smallest absolute Gasteiger partial charge is 0.224 e. The summed E-state index contributed by atoms with van der Waals surface area (Å²) in [5.41, 5.74) is 3.61. The van der Waals surface area contributed by atoms with Gasteiger partial charge in [-0.1, -0.05) is 70.5 Å². The zero-order valence-corrected chi connectivity index (χ0v) is 17.5. The van der Waals surface area contributed by atoms with Crippen molar-refractivity contribution in [2.75, 3.05) is 5.32 Å². The molecule has 0 unspecified atom stereocenters. The predicted octanol–water partition coefficient (Wildman–Crippen LogP) is 6.08. The minimum atomic E-state index is -0.205. The highest BCUT2D eigenvalue weighted by atomic mass is 16.3. The second-order valence-electron chi connectivity index (χ2n) is 9.11. The minimum absolute atomic E-state index is 0.0286. The number of carbonyl (C=O) groups is 1. The number of hydrogen-bond acceptors (Lipinski definition) is 2. The van der Waals surface area contributed by atoms with Gasteiger partial charge >= 0.3 is 0 Å². The first-order valence-corrected chi connectivity index (χ1v) is 9.70. The lowest BCUT2D eigenvalue weighted by molar-refractivity contribution is -0.116. The largest absolute Gasteiger partial charge is 0.507 e. The summed E-state index contributed by atoms with van der Waals surface area (Å²) in [6, 6.07) is 13.7. The van der Waals surface area contributed by atoms with Gasteiger partial charge in [-0.3, -0.25) is 4.79 Å². The number of amides is 1. The molecule has 0 aliphatic heterocycles. The summed E-state index contributed by atoms with van der Waals surface area (Å²) in [7, 11) is 0. The normalized spacial score (nSPS) is 12.1. The molecule has 2 aromatic rings. The molecule has 2 rings (SSSR count).